The van der Waals surface area contributed by atoms with Gasteiger partial charge in [-0.3, -0.25) is 4.79 Å². The minimum absolute atomic E-state index is 0.120. The Morgan fingerprint density at radius 1 is 1.33 bits per heavy atom. The van der Waals surface area contributed by atoms with Crippen LogP contribution in [0.25, 0.3) is 10.9 Å². The maximum Gasteiger partial charge on any atom is 0.240 e. The third kappa shape index (κ3) is 3.31. The predicted molar refractivity (Wildman–Crippen MR) is 89.2 cm³/mol. The molecule has 2 unspecified atom stereocenters. The molecule has 2 atom stereocenters. The van der Waals surface area contributed by atoms with Crippen LogP contribution in [0.1, 0.15) is 32.6 Å². The molecule has 0 radical (unpaired) electrons. The van der Waals surface area contributed by atoms with Crippen molar-refractivity contribution in [1.82, 2.24) is 9.88 Å². The Labute approximate surface area is 133 Å². The van der Waals surface area contributed by atoms with E-state index >= 15 is 0 Å². The average Bonchev–Trinajstić information content (AvgIpc) is 2.83. The minimum atomic E-state index is 0.120. The van der Waals surface area contributed by atoms with Crippen molar-refractivity contribution >= 4 is 32.7 Å². The second-order valence-corrected chi connectivity index (χ2v) is 7.00. The van der Waals surface area contributed by atoms with Crippen LogP contribution in [0, 0.1) is 5.92 Å². The molecule has 21 heavy (non-hydrogen) atoms. The van der Waals surface area contributed by atoms with Gasteiger partial charge in [-0.15, -0.1) is 0 Å². The monoisotopic (exact) mass is 348 g/mol. The number of aromatic nitrogens is 1. The number of carbonyl (C=O) groups excluding carboxylic acids is 1. The molecular formula is C17H21BrN2O. The van der Waals surface area contributed by atoms with Crippen LogP contribution in [-0.2, 0) is 11.3 Å². The summed E-state index contributed by atoms with van der Waals surface area (Å²) in [5.74, 6) is 0.717. The zero-order valence-corrected chi connectivity index (χ0v) is 13.9. The topological polar surface area (TPSA) is 34.0 Å². The highest BCUT2D eigenvalue weighted by molar-refractivity contribution is 9.10. The van der Waals surface area contributed by atoms with Crippen LogP contribution in [-0.4, -0.2) is 16.5 Å². The Balaban J connectivity index is 1.68. The third-order valence-electron chi connectivity index (χ3n) is 4.50. The van der Waals surface area contributed by atoms with E-state index in [1.165, 1.54) is 19.3 Å². The molecule has 1 amide bonds. The van der Waals surface area contributed by atoms with Gasteiger partial charge in [0.2, 0.25) is 5.91 Å². The maximum atomic E-state index is 12.3. The van der Waals surface area contributed by atoms with Crippen molar-refractivity contribution in [3.05, 3.63) is 34.9 Å². The van der Waals surface area contributed by atoms with Gasteiger partial charge >= 0.3 is 0 Å². The molecule has 1 aliphatic rings. The van der Waals surface area contributed by atoms with E-state index in [-0.39, 0.29) is 5.91 Å². The van der Waals surface area contributed by atoms with Crippen LogP contribution in [0.4, 0.5) is 0 Å². The van der Waals surface area contributed by atoms with Crippen LogP contribution in [0.3, 0.4) is 0 Å². The van der Waals surface area contributed by atoms with Crippen LogP contribution in [0.5, 0.6) is 0 Å². The number of carbonyl (C=O) groups is 1. The number of hydrogen-bond acceptors (Lipinski definition) is 1. The molecule has 0 spiro atoms. The van der Waals surface area contributed by atoms with Gasteiger partial charge in [0, 0.05) is 27.6 Å². The van der Waals surface area contributed by atoms with E-state index in [4.69, 9.17) is 0 Å². The quantitative estimate of drug-likeness (QED) is 0.890. The molecule has 1 N–H and O–H groups in total. The fraction of sp³-hybridized carbons (Fsp3) is 0.471. The summed E-state index contributed by atoms with van der Waals surface area (Å²) in [4.78, 5) is 12.3. The zero-order valence-electron chi connectivity index (χ0n) is 12.3. The lowest BCUT2D eigenvalue weighted by atomic mass is 9.86. The van der Waals surface area contributed by atoms with E-state index in [2.05, 4.69) is 46.4 Å². The molecule has 1 saturated carbocycles. The van der Waals surface area contributed by atoms with Gasteiger partial charge in [-0.2, -0.15) is 0 Å². The number of nitrogens with one attached hydrogen (secondary N) is 1. The summed E-state index contributed by atoms with van der Waals surface area (Å²) in [5, 5.41) is 4.37. The van der Waals surface area contributed by atoms with Gasteiger partial charge in [0.05, 0.1) is 0 Å². The summed E-state index contributed by atoms with van der Waals surface area (Å²) in [6.45, 7) is 2.64. The number of hydrogen-bond donors (Lipinski definition) is 1. The van der Waals surface area contributed by atoms with Crippen molar-refractivity contribution in [2.24, 2.45) is 5.92 Å². The summed E-state index contributed by atoms with van der Waals surface area (Å²) >= 11 is 3.48. The number of fused-ring (bicyclic) bond motifs is 1. The molecule has 2 aromatic rings. The van der Waals surface area contributed by atoms with Gasteiger partial charge < -0.3 is 9.88 Å². The zero-order chi connectivity index (χ0) is 14.8. The normalized spacial score (nSPS) is 22.4. The summed E-state index contributed by atoms with van der Waals surface area (Å²) in [5.41, 5.74) is 1.10. The highest BCUT2D eigenvalue weighted by Gasteiger charge is 2.22. The Morgan fingerprint density at radius 3 is 2.95 bits per heavy atom. The first kappa shape index (κ1) is 14.6. The molecular weight excluding hydrogens is 328 g/mol. The predicted octanol–water partition coefficient (Wildman–Crippen LogP) is 4.10. The summed E-state index contributed by atoms with van der Waals surface area (Å²) in [6, 6.07) is 8.54. The average molecular weight is 349 g/mol. The SMILES string of the molecule is CC1CCCCC1NC(=O)Cn1ccc2cc(Br)ccc21. The Kier molecular flexibility index (Phi) is 4.34. The smallest absolute Gasteiger partial charge is 0.240 e. The fourth-order valence-electron chi connectivity index (χ4n) is 3.25. The first-order valence-corrected chi connectivity index (χ1v) is 8.46. The van der Waals surface area contributed by atoms with Gasteiger partial charge in [0.1, 0.15) is 6.54 Å². The van der Waals surface area contributed by atoms with Gasteiger partial charge in [0.25, 0.3) is 0 Å². The number of benzene rings is 1. The summed E-state index contributed by atoms with van der Waals surface area (Å²) in [6.07, 6.45) is 6.86. The number of rotatable bonds is 3. The lowest BCUT2D eigenvalue weighted by Crippen LogP contribution is -2.42. The molecule has 1 aliphatic carbocycles. The molecule has 1 aromatic carbocycles. The van der Waals surface area contributed by atoms with Crippen LogP contribution >= 0.6 is 15.9 Å². The first-order chi connectivity index (χ1) is 10.1. The number of nitrogens with zero attached hydrogens (tertiary/aromatic N) is 1. The van der Waals surface area contributed by atoms with Gasteiger partial charge in [-0.1, -0.05) is 35.7 Å². The second-order valence-electron chi connectivity index (χ2n) is 6.08. The molecule has 1 heterocycles. The van der Waals surface area contributed by atoms with Gasteiger partial charge in [0.15, 0.2) is 0 Å². The lowest BCUT2D eigenvalue weighted by molar-refractivity contribution is -0.122. The molecule has 3 nitrogen and oxygen atoms in total. The molecule has 1 aromatic heterocycles. The van der Waals surface area contributed by atoms with Crippen molar-refractivity contribution < 1.29 is 4.79 Å². The highest BCUT2D eigenvalue weighted by atomic mass is 79.9. The van der Waals surface area contributed by atoms with Crippen LogP contribution < -0.4 is 5.32 Å². The van der Waals surface area contributed by atoms with Crippen molar-refractivity contribution in [2.45, 2.75) is 45.2 Å². The molecule has 1 fully saturated rings. The third-order valence-corrected chi connectivity index (χ3v) is 5.00. The maximum absolute atomic E-state index is 12.3. The Hall–Kier alpha value is -1.29. The second kappa shape index (κ2) is 6.22. The van der Waals surface area contributed by atoms with E-state index < -0.39 is 0 Å². The van der Waals surface area contributed by atoms with Crippen LogP contribution in [0.15, 0.2) is 34.9 Å². The van der Waals surface area contributed by atoms with Crippen molar-refractivity contribution in [1.29, 1.82) is 0 Å². The van der Waals surface area contributed by atoms with E-state index in [0.29, 0.717) is 18.5 Å². The highest BCUT2D eigenvalue weighted by Crippen LogP contribution is 2.24. The molecule has 0 saturated heterocycles. The first-order valence-electron chi connectivity index (χ1n) is 7.67. The van der Waals surface area contributed by atoms with Crippen LogP contribution in [0.2, 0.25) is 0 Å². The lowest BCUT2D eigenvalue weighted by Gasteiger charge is -2.29. The van der Waals surface area contributed by atoms with Crippen molar-refractivity contribution in [3.8, 4) is 0 Å². The fourth-order valence-corrected chi connectivity index (χ4v) is 3.63. The number of halogens is 1. The van der Waals surface area contributed by atoms with Crippen molar-refractivity contribution in [3.63, 3.8) is 0 Å². The molecule has 3 rings (SSSR count). The Morgan fingerprint density at radius 2 is 2.14 bits per heavy atom. The van der Waals surface area contributed by atoms with Gasteiger partial charge in [-0.05, 0) is 43.0 Å². The number of amides is 1. The van der Waals surface area contributed by atoms with Gasteiger partial charge in [-0.25, -0.2) is 0 Å². The van der Waals surface area contributed by atoms with Crippen molar-refractivity contribution in [2.75, 3.05) is 0 Å². The summed E-state index contributed by atoms with van der Waals surface area (Å²) in [7, 11) is 0. The largest absolute Gasteiger partial charge is 0.352 e. The van der Waals surface area contributed by atoms with E-state index in [9.17, 15) is 4.79 Å². The molecule has 112 valence electrons. The Bertz CT molecular complexity index is 649. The van der Waals surface area contributed by atoms with E-state index in [1.807, 2.05) is 16.8 Å². The van der Waals surface area contributed by atoms with E-state index in [1.54, 1.807) is 0 Å². The summed E-state index contributed by atoms with van der Waals surface area (Å²) < 4.78 is 3.08. The van der Waals surface area contributed by atoms with E-state index in [0.717, 1.165) is 21.8 Å². The molecule has 0 aliphatic heterocycles. The molecule has 4 heteroatoms. The minimum Gasteiger partial charge on any atom is -0.352 e. The standard InChI is InChI=1S/C17H21BrN2O/c1-12-4-2-3-5-15(12)19-17(21)11-20-9-8-13-10-14(18)6-7-16(13)20/h6-10,12,15H,2-5,11H2,1H3,(H,19,21). The molecule has 0 bridgehead atoms.